The topological polar surface area (TPSA) is 32.3 Å². The summed E-state index contributed by atoms with van der Waals surface area (Å²) in [6.07, 6.45) is 1.76. The van der Waals surface area contributed by atoms with Crippen molar-refractivity contribution in [2.75, 3.05) is 12.4 Å². The minimum atomic E-state index is 0.443. The van der Waals surface area contributed by atoms with Gasteiger partial charge in [-0.1, -0.05) is 11.8 Å². The summed E-state index contributed by atoms with van der Waals surface area (Å²) < 4.78 is 0. The molecule has 0 fully saturated rings. The minimum absolute atomic E-state index is 0.443. The molecule has 1 rings (SSSR count). The molecule has 0 atom stereocenters. The molecule has 0 bridgehead atoms. The fourth-order valence-electron chi connectivity index (χ4n) is 0.402. The molecule has 0 spiro atoms. The summed E-state index contributed by atoms with van der Waals surface area (Å²) >= 11 is 1.42. The molecule has 0 radical (unpaired) electrons. The van der Waals surface area contributed by atoms with Crippen molar-refractivity contribution in [1.82, 2.24) is 5.32 Å². The van der Waals surface area contributed by atoms with E-state index in [1.807, 2.05) is 0 Å². The zero-order valence-electron chi connectivity index (χ0n) is 3.85. The van der Waals surface area contributed by atoms with Crippen molar-refractivity contribution >= 4 is 11.8 Å². The van der Waals surface area contributed by atoms with E-state index in [1.165, 1.54) is 11.8 Å². The molecule has 1 heterocycles. The summed E-state index contributed by atoms with van der Waals surface area (Å²) in [5.41, 5.74) is 0. The first kappa shape index (κ1) is 5.00. The smallest absolute Gasteiger partial charge is 0.148 e. The summed E-state index contributed by atoms with van der Waals surface area (Å²) in [7, 11) is 0. The second-order valence-electron chi connectivity index (χ2n) is 1.29. The molecule has 0 amide bonds. The molecular formula is C4H7NOS. The Kier molecular flexibility index (Phi) is 1.59. The molecule has 0 unspecified atom stereocenters. The number of hydrogen-bond acceptors (Lipinski definition) is 3. The molecule has 3 heteroatoms. The quantitative estimate of drug-likeness (QED) is 0.489. The maximum Gasteiger partial charge on any atom is 0.148 e. The first-order chi connectivity index (χ1) is 3.39. The largest absolute Gasteiger partial charge is 0.502 e. The number of nitrogens with one attached hydrogen (secondary N) is 1. The van der Waals surface area contributed by atoms with E-state index in [-0.39, 0.29) is 0 Å². The fourth-order valence-corrected chi connectivity index (χ4v) is 0.971. The van der Waals surface area contributed by atoms with Crippen molar-refractivity contribution in [1.29, 1.82) is 0 Å². The highest BCUT2D eigenvalue weighted by atomic mass is 32.2. The van der Waals surface area contributed by atoms with Crippen molar-refractivity contribution < 1.29 is 5.11 Å². The van der Waals surface area contributed by atoms with Crippen LogP contribution >= 0.6 is 11.8 Å². The van der Waals surface area contributed by atoms with Crippen LogP contribution in [0.5, 0.6) is 0 Å². The van der Waals surface area contributed by atoms with Gasteiger partial charge in [0.25, 0.3) is 0 Å². The summed E-state index contributed by atoms with van der Waals surface area (Å²) in [6, 6.07) is 0. The third-order valence-electron chi connectivity index (χ3n) is 0.743. The monoisotopic (exact) mass is 117 g/mol. The first-order valence-corrected chi connectivity index (χ1v) is 3.11. The highest BCUT2D eigenvalue weighted by Crippen LogP contribution is 2.11. The van der Waals surface area contributed by atoms with E-state index in [0.29, 0.717) is 5.09 Å². The summed E-state index contributed by atoms with van der Waals surface area (Å²) in [6.45, 7) is 0.804. The predicted octanol–water partition coefficient (Wildman–Crippen LogP) is 0.680. The van der Waals surface area contributed by atoms with Gasteiger partial charge < -0.3 is 10.4 Å². The number of aliphatic hydroxyl groups excluding tert-OH is 1. The normalized spacial score (nSPS) is 21.4. The number of thioether (sulfide) groups is 1. The molecule has 1 aliphatic heterocycles. The van der Waals surface area contributed by atoms with E-state index < -0.39 is 0 Å². The molecule has 0 aromatic heterocycles. The van der Waals surface area contributed by atoms with Gasteiger partial charge in [0.15, 0.2) is 0 Å². The van der Waals surface area contributed by atoms with Gasteiger partial charge in [-0.15, -0.1) is 0 Å². The Bertz CT molecular complexity index is 91.7. The zero-order valence-corrected chi connectivity index (χ0v) is 4.66. The van der Waals surface area contributed by atoms with Gasteiger partial charge in [0.1, 0.15) is 5.09 Å². The number of aliphatic hydroxyl groups is 1. The molecular weight excluding hydrogens is 110 g/mol. The zero-order chi connectivity index (χ0) is 5.11. The molecule has 2 N–H and O–H groups in total. The fraction of sp³-hybridized carbons (Fsp3) is 0.500. The van der Waals surface area contributed by atoms with E-state index in [4.69, 9.17) is 5.11 Å². The van der Waals surface area contributed by atoms with E-state index in [9.17, 15) is 0 Å². The average Bonchev–Trinajstić information content (AvgIpc) is 1.69. The lowest BCUT2D eigenvalue weighted by Gasteiger charge is -2.06. The minimum Gasteiger partial charge on any atom is -0.502 e. The van der Waals surface area contributed by atoms with Crippen LogP contribution in [0.15, 0.2) is 11.2 Å². The third-order valence-corrected chi connectivity index (χ3v) is 1.55. The standard InChI is InChI=1S/C4H7NOS/c6-4-1-2-5-3-7-4/h1,5-6H,2-3H2. The van der Waals surface area contributed by atoms with Crippen LogP contribution in [0.1, 0.15) is 0 Å². The predicted molar refractivity (Wildman–Crippen MR) is 31.2 cm³/mol. The summed E-state index contributed by atoms with van der Waals surface area (Å²) in [4.78, 5) is 0. The van der Waals surface area contributed by atoms with Crippen molar-refractivity contribution in [2.24, 2.45) is 0 Å². The van der Waals surface area contributed by atoms with Crippen LogP contribution in [-0.2, 0) is 0 Å². The highest BCUT2D eigenvalue weighted by Gasteiger charge is 1.97. The van der Waals surface area contributed by atoms with Gasteiger partial charge in [-0.2, -0.15) is 0 Å². The molecule has 0 saturated heterocycles. The Labute approximate surface area is 46.6 Å². The second kappa shape index (κ2) is 2.23. The van der Waals surface area contributed by atoms with Crippen LogP contribution in [0.3, 0.4) is 0 Å². The Morgan fingerprint density at radius 2 is 2.71 bits per heavy atom. The Hall–Kier alpha value is -0.150. The van der Waals surface area contributed by atoms with Gasteiger partial charge in [-0.25, -0.2) is 0 Å². The molecule has 0 aromatic carbocycles. The number of hydrogen-bond donors (Lipinski definition) is 2. The molecule has 0 saturated carbocycles. The SMILES string of the molecule is OC1=CCNCS1. The maximum atomic E-state index is 8.69. The maximum absolute atomic E-state index is 8.69. The van der Waals surface area contributed by atoms with Crippen LogP contribution in [-0.4, -0.2) is 17.5 Å². The summed E-state index contributed by atoms with van der Waals surface area (Å²) in [5.74, 6) is 0.836. The van der Waals surface area contributed by atoms with Crippen LogP contribution in [0.25, 0.3) is 0 Å². The van der Waals surface area contributed by atoms with Crippen molar-refractivity contribution in [3.63, 3.8) is 0 Å². The molecule has 1 aliphatic rings. The van der Waals surface area contributed by atoms with E-state index in [1.54, 1.807) is 6.08 Å². The number of rotatable bonds is 0. The van der Waals surface area contributed by atoms with Crippen molar-refractivity contribution in [3.8, 4) is 0 Å². The third kappa shape index (κ3) is 1.41. The van der Waals surface area contributed by atoms with Gasteiger partial charge in [0.05, 0.1) is 0 Å². The molecule has 0 aliphatic carbocycles. The van der Waals surface area contributed by atoms with Crippen LogP contribution in [0, 0.1) is 0 Å². The van der Waals surface area contributed by atoms with Gasteiger partial charge >= 0.3 is 0 Å². The lowest BCUT2D eigenvalue weighted by atomic mass is 10.6. The summed E-state index contributed by atoms with van der Waals surface area (Å²) in [5, 5.41) is 12.2. The van der Waals surface area contributed by atoms with E-state index in [2.05, 4.69) is 5.32 Å². The Balaban J connectivity index is 2.40. The Morgan fingerprint density at radius 1 is 1.86 bits per heavy atom. The van der Waals surface area contributed by atoms with E-state index >= 15 is 0 Å². The molecule has 2 nitrogen and oxygen atoms in total. The van der Waals surface area contributed by atoms with Gasteiger partial charge in [-0.05, 0) is 6.08 Å². The average molecular weight is 117 g/mol. The lowest BCUT2D eigenvalue weighted by molar-refractivity contribution is 0.451. The van der Waals surface area contributed by atoms with Crippen LogP contribution < -0.4 is 5.32 Å². The second-order valence-corrected chi connectivity index (χ2v) is 2.28. The molecule has 0 aromatic rings. The van der Waals surface area contributed by atoms with Crippen molar-refractivity contribution in [3.05, 3.63) is 11.2 Å². The van der Waals surface area contributed by atoms with E-state index in [0.717, 1.165) is 12.4 Å². The van der Waals surface area contributed by atoms with Crippen molar-refractivity contribution in [2.45, 2.75) is 0 Å². The van der Waals surface area contributed by atoms with Gasteiger partial charge in [0, 0.05) is 12.4 Å². The Morgan fingerprint density at radius 3 is 3.00 bits per heavy atom. The molecule has 40 valence electrons. The molecule has 7 heavy (non-hydrogen) atoms. The van der Waals surface area contributed by atoms with Gasteiger partial charge in [0.2, 0.25) is 0 Å². The van der Waals surface area contributed by atoms with Crippen LogP contribution in [0.4, 0.5) is 0 Å². The van der Waals surface area contributed by atoms with Crippen LogP contribution in [0.2, 0.25) is 0 Å². The first-order valence-electron chi connectivity index (χ1n) is 2.12. The lowest BCUT2D eigenvalue weighted by Crippen LogP contribution is -2.16. The highest BCUT2D eigenvalue weighted by molar-refractivity contribution is 8.02. The van der Waals surface area contributed by atoms with Gasteiger partial charge in [-0.3, -0.25) is 0 Å².